The molecule has 0 saturated carbocycles. The van der Waals surface area contributed by atoms with Gasteiger partial charge in [-0.25, -0.2) is 0 Å². The van der Waals surface area contributed by atoms with Crippen molar-refractivity contribution < 1.29 is 22.7 Å². The number of ketones is 1. The van der Waals surface area contributed by atoms with Gasteiger partial charge in [-0.2, -0.15) is 13.2 Å². The summed E-state index contributed by atoms with van der Waals surface area (Å²) in [5, 5.41) is 1.67. The number of thiophene rings is 1. The monoisotopic (exact) mass is 302 g/mol. The van der Waals surface area contributed by atoms with Crippen molar-refractivity contribution in [1.82, 2.24) is 0 Å². The molecule has 0 atom stereocenters. The Balaban J connectivity index is 2.41. The van der Waals surface area contributed by atoms with Crippen LogP contribution in [0.4, 0.5) is 13.2 Å². The Kier molecular flexibility index (Phi) is 4.30. The molecule has 0 spiro atoms. The maximum absolute atomic E-state index is 11.7. The van der Waals surface area contributed by atoms with Crippen molar-refractivity contribution in [1.29, 1.82) is 0 Å². The molecule has 1 heterocycles. The molecule has 15 heavy (non-hydrogen) atoms. The average molecular weight is 303 g/mol. The zero-order chi connectivity index (χ0) is 11.5. The van der Waals surface area contributed by atoms with Crippen LogP contribution in [0, 0.1) is 0 Å². The lowest BCUT2D eigenvalue weighted by Gasteiger charge is -2.06. The van der Waals surface area contributed by atoms with E-state index < -0.39 is 25.2 Å². The predicted molar refractivity (Wildman–Crippen MR) is 53.2 cm³/mol. The van der Waals surface area contributed by atoms with Gasteiger partial charge in [-0.05, 0) is 27.4 Å². The zero-order valence-corrected chi connectivity index (χ0v) is 9.71. The van der Waals surface area contributed by atoms with Gasteiger partial charge in [-0.15, -0.1) is 11.3 Å². The first-order chi connectivity index (χ1) is 6.90. The normalized spacial score (nSPS) is 11.7. The summed E-state index contributed by atoms with van der Waals surface area (Å²) in [5.74, 6) is -0.457. The second-order valence-electron chi connectivity index (χ2n) is 2.63. The predicted octanol–water partition coefficient (Wildman–Crippen LogP) is 3.27. The highest BCUT2D eigenvalue weighted by Crippen LogP contribution is 2.23. The second kappa shape index (κ2) is 5.09. The molecule has 1 aromatic rings. The van der Waals surface area contributed by atoms with Gasteiger partial charge in [0.1, 0.15) is 13.2 Å². The molecule has 0 saturated heterocycles. The maximum Gasteiger partial charge on any atom is 0.411 e. The summed E-state index contributed by atoms with van der Waals surface area (Å²) < 4.78 is 39.9. The van der Waals surface area contributed by atoms with Crippen LogP contribution in [0.1, 0.15) is 9.67 Å². The van der Waals surface area contributed by atoms with E-state index in [-0.39, 0.29) is 0 Å². The molecule has 0 aliphatic heterocycles. The summed E-state index contributed by atoms with van der Waals surface area (Å²) in [6.45, 7) is -1.96. The van der Waals surface area contributed by atoms with E-state index in [9.17, 15) is 18.0 Å². The van der Waals surface area contributed by atoms with E-state index in [1.165, 1.54) is 0 Å². The van der Waals surface area contributed by atoms with Crippen LogP contribution < -0.4 is 0 Å². The van der Waals surface area contributed by atoms with Crippen LogP contribution in [0.25, 0.3) is 0 Å². The van der Waals surface area contributed by atoms with Crippen molar-refractivity contribution in [3.63, 3.8) is 0 Å². The standard InChI is InChI=1S/C8H6BrF3O2S/c9-5-1-2-15-7(5)6(13)3-14-4-8(10,11)12/h1-2H,3-4H2. The third kappa shape index (κ3) is 4.31. The summed E-state index contributed by atoms with van der Waals surface area (Å²) in [6.07, 6.45) is -4.40. The summed E-state index contributed by atoms with van der Waals surface area (Å²) in [4.78, 5) is 11.7. The van der Waals surface area contributed by atoms with E-state index in [2.05, 4.69) is 20.7 Å². The van der Waals surface area contributed by atoms with Crippen molar-refractivity contribution in [2.75, 3.05) is 13.2 Å². The first-order valence-corrected chi connectivity index (χ1v) is 5.48. The lowest BCUT2D eigenvalue weighted by Crippen LogP contribution is -2.20. The quantitative estimate of drug-likeness (QED) is 0.798. The first-order valence-electron chi connectivity index (χ1n) is 3.81. The van der Waals surface area contributed by atoms with Gasteiger partial charge in [0.05, 0.1) is 4.88 Å². The molecule has 0 bridgehead atoms. The van der Waals surface area contributed by atoms with Crippen molar-refractivity contribution in [3.8, 4) is 0 Å². The van der Waals surface area contributed by atoms with E-state index >= 15 is 0 Å². The molecule has 7 heteroatoms. The fourth-order valence-electron chi connectivity index (χ4n) is 0.818. The van der Waals surface area contributed by atoms with E-state index in [0.717, 1.165) is 11.3 Å². The van der Waals surface area contributed by atoms with E-state index in [0.29, 0.717) is 9.35 Å². The molecule has 1 rings (SSSR count). The van der Waals surface area contributed by atoms with Gasteiger partial charge in [-0.3, -0.25) is 4.79 Å². The summed E-state index contributed by atoms with van der Waals surface area (Å²) in [6, 6.07) is 1.65. The number of alkyl halides is 3. The molecule has 0 radical (unpaired) electrons. The van der Waals surface area contributed by atoms with Crippen molar-refractivity contribution in [3.05, 3.63) is 20.8 Å². The summed E-state index contributed by atoms with van der Waals surface area (Å²) in [5.41, 5.74) is 0. The van der Waals surface area contributed by atoms with Crippen LogP contribution in [0.5, 0.6) is 0 Å². The molecule has 0 N–H and O–H groups in total. The van der Waals surface area contributed by atoms with E-state index in [1.54, 1.807) is 11.4 Å². The van der Waals surface area contributed by atoms with Crippen LogP contribution in [-0.2, 0) is 4.74 Å². The van der Waals surface area contributed by atoms with Crippen molar-refractivity contribution in [2.24, 2.45) is 0 Å². The third-order valence-corrected chi connectivity index (χ3v) is 3.25. The molecule has 0 aliphatic carbocycles. The average Bonchev–Trinajstić information content (AvgIpc) is 2.48. The fraction of sp³-hybridized carbons (Fsp3) is 0.375. The fourth-order valence-corrected chi connectivity index (χ4v) is 2.34. The van der Waals surface area contributed by atoms with Crippen LogP contribution >= 0.6 is 27.3 Å². The highest BCUT2D eigenvalue weighted by Gasteiger charge is 2.28. The first kappa shape index (κ1) is 12.7. The lowest BCUT2D eigenvalue weighted by molar-refractivity contribution is -0.170. The smallest absolute Gasteiger partial charge is 0.364 e. The number of halogens is 4. The third-order valence-electron chi connectivity index (χ3n) is 1.37. The Morgan fingerprint density at radius 3 is 2.67 bits per heavy atom. The molecule has 2 nitrogen and oxygen atoms in total. The molecule has 0 fully saturated rings. The molecular weight excluding hydrogens is 297 g/mol. The van der Waals surface area contributed by atoms with Gasteiger partial charge >= 0.3 is 6.18 Å². The number of hydrogen-bond acceptors (Lipinski definition) is 3. The number of ether oxygens (including phenoxy) is 1. The van der Waals surface area contributed by atoms with Gasteiger partial charge in [0.2, 0.25) is 0 Å². The van der Waals surface area contributed by atoms with E-state index in [1.807, 2.05) is 0 Å². The van der Waals surface area contributed by atoms with Crippen LogP contribution in [0.2, 0.25) is 0 Å². The molecule has 0 amide bonds. The SMILES string of the molecule is O=C(COCC(F)(F)F)c1sccc1Br. The Bertz CT molecular complexity index is 348. The molecule has 0 aromatic carbocycles. The number of hydrogen-bond donors (Lipinski definition) is 0. The maximum atomic E-state index is 11.7. The molecule has 1 aromatic heterocycles. The van der Waals surface area contributed by atoms with Crippen LogP contribution in [0.15, 0.2) is 15.9 Å². The van der Waals surface area contributed by atoms with Crippen molar-refractivity contribution >= 4 is 33.0 Å². The van der Waals surface area contributed by atoms with Crippen molar-refractivity contribution in [2.45, 2.75) is 6.18 Å². The highest BCUT2D eigenvalue weighted by atomic mass is 79.9. The van der Waals surface area contributed by atoms with Gasteiger partial charge < -0.3 is 4.74 Å². The minimum absolute atomic E-state index is 0.372. The number of Topliss-reactive ketones (excluding diaryl/α,β-unsaturated/α-hetero) is 1. The number of carbonyl (C=O) groups is 1. The van der Waals surface area contributed by atoms with Gasteiger partial charge in [-0.1, -0.05) is 0 Å². The molecule has 0 aliphatic rings. The molecular formula is C8H6BrF3O2S. The Morgan fingerprint density at radius 2 is 2.20 bits per heavy atom. The van der Waals surface area contributed by atoms with Crippen LogP contribution in [-0.4, -0.2) is 25.2 Å². The number of carbonyl (C=O) groups excluding carboxylic acids is 1. The van der Waals surface area contributed by atoms with E-state index in [4.69, 9.17) is 0 Å². The minimum Gasteiger partial charge on any atom is -0.364 e. The Labute approximate surface area is 96.2 Å². The largest absolute Gasteiger partial charge is 0.411 e. The van der Waals surface area contributed by atoms with Gasteiger partial charge in [0, 0.05) is 4.47 Å². The Morgan fingerprint density at radius 1 is 1.53 bits per heavy atom. The minimum atomic E-state index is -4.40. The summed E-state index contributed by atoms with van der Waals surface area (Å²) in [7, 11) is 0. The molecule has 0 unspecified atom stereocenters. The zero-order valence-electron chi connectivity index (χ0n) is 7.31. The Hall–Kier alpha value is -0.400. The van der Waals surface area contributed by atoms with Crippen LogP contribution in [0.3, 0.4) is 0 Å². The lowest BCUT2D eigenvalue weighted by atomic mass is 10.3. The highest BCUT2D eigenvalue weighted by molar-refractivity contribution is 9.10. The summed E-state index contributed by atoms with van der Waals surface area (Å²) >= 11 is 4.27. The molecule has 84 valence electrons. The van der Waals surface area contributed by atoms with Gasteiger partial charge in [0.15, 0.2) is 5.78 Å². The van der Waals surface area contributed by atoms with Gasteiger partial charge in [0.25, 0.3) is 0 Å². The second-order valence-corrected chi connectivity index (χ2v) is 4.40. The topological polar surface area (TPSA) is 26.3 Å². The number of rotatable bonds is 4.